The van der Waals surface area contributed by atoms with Gasteiger partial charge in [0.2, 0.25) is 0 Å². The van der Waals surface area contributed by atoms with Gasteiger partial charge in [-0.1, -0.05) is 11.8 Å². The molecule has 0 aromatic heterocycles. The van der Waals surface area contributed by atoms with E-state index in [0.29, 0.717) is 5.56 Å². The maximum Gasteiger partial charge on any atom is 0.416 e. The lowest BCUT2D eigenvalue weighted by Crippen LogP contribution is -2.07. The summed E-state index contributed by atoms with van der Waals surface area (Å²) in [5.74, 6) is 4.76. The van der Waals surface area contributed by atoms with Crippen LogP contribution in [0.15, 0.2) is 18.2 Å². The molecule has 0 bridgehead atoms. The summed E-state index contributed by atoms with van der Waals surface area (Å²) in [6, 6.07) is 3.62. The predicted octanol–water partition coefficient (Wildman–Crippen LogP) is 3.32. The Kier molecular flexibility index (Phi) is 4.99. The van der Waals surface area contributed by atoms with E-state index in [1.54, 1.807) is 6.92 Å². The molecule has 0 unspecified atom stereocenters. The van der Waals surface area contributed by atoms with Crippen LogP contribution in [-0.2, 0) is 15.7 Å². The van der Waals surface area contributed by atoms with E-state index in [0.717, 1.165) is 6.07 Å². The van der Waals surface area contributed by atoms with Crippen molar-refractivity contribution in [2.45, 2.75) is 26.4 Å². The summed E-state index contributed by atoms with van der Waals surface area (Å²) in [4.78, 5) is 11.0. The third kappa shape index (κ3) is 4.66. The van der Waals surface area contributed by atoms with Crippen LogP contribution in [-0.4, -0.2) is 12.6 Å². The van der Waals surface area contributed by atoms with Gasteiger partial charge in [0.25, 0.3) is 0 Å². The Morgan fingerprint density at radius 2 is 2.05 bits per heavy atom. The monoisotopic (exact) mass is 270 g/mol. The standard InChI is InChI=1S/C14H13F3O2/c1-3-19-13(18)6-4-5-11-7-8-12(10(2)9-11)14(15,16)17/h7-9H,3,6H2,1-2H3. The highest BCUT2D eigenvalue weighted by Gasteiger charge is 2.31. The minimum absolute atomic E-state index is 0.0755. The number of benzene rings is 1. The first-order valence-electron chi connectivity index (χ1n) is 5.67. The van der Waals surface area contributed by atoms with Crippen molar-refractivity contribution in [3.8, 4) is 11.8 Å². The van der Waals surface area contributed by atoms with Gasteiger partial charge in [-0.2, -0.15) is 13.2 Å². The summed E-state index contributed by atoms with van der Waals surface area (Å²) in [7, 11) is 0. The Balaban J connectivity index is 2.80. The van der Waals surface area contributed by atoms with Gasteiger partial charge in [-0.15, -0.1) is 0 Å². The maximum atomic E-state index is 12.5. The van der Waals surface area contributed by atoms with E-state index in [-0.39, 0.29) is 18.6 Å². The Labute approximate surface area is 109 Å². The number of carbonyl (C=O) groups excluding carboxylic acids is 1. The van der Waals surface area contributed by atoms with Crippen LogP contribution >= 0.6 is 0 Å². The van der Waals surface area contributed by atoms with Gasteiger partial charge in [0.15, 0.2) is 0 Å². The molecule has 0 aliphatic rings. The Hall–Kier alpha value is -1.96. The number of hydrogen-bond donors (Lipinski definition) is 0. The van der Waals surface area contributed by atoms with Crippen molar-refractivity contribution >= 4 is 5.97 Å². The Bertz CT molecular complexity index is 522. The zero-order valence-corrected chi connectivity index (χ0v) is 10.6. The smallest absolute Gasteiger partial charge is 0.416 e. The molecule has 1 aromatic rings. The van der Waals surface area contributed by atoms with Gasteiger partial charge < -0.3 is 4.74 Å². The quantitative estimate of drug-likeness (QED) is 0.608. The molecule has 0 radical (unpaired) electrons. The molecule has 1 aromatic carbocycles. The molecule has 0 aliphatic carbocycles. The lowest BCUT2D eigenvalue weighted by atomic mass is 10.0. The number of alkyl halides is 3. The summed E-state index contributed by atoms with van der Waals surface area (Å²) in [5, 5.41) is 0. The van der Waals surface area contributed by atoms with Crippen LogP contribution in [0.2, 0.25) is 0 Å². The summed E-state index contributed by atoms with van der Waals surface area (Å²) in [6.07, 6.45) is -4.44. The third-order valence-electron chi connectivity index (χ3n) is 2.30. The second-order valence-electron chi connectivity index (χ2n) is 3.81. The van der Waals surface area contributed by atoms with Crippen molar-refractivity contribution in [2.24, 2.45) is 0 Å². The normalized spacial score (nSPS) is 10.6. The van der Waals surface area contributed by atoms with Gasteiger partial charge in [-0.05, 0) is 37.6 Å². The van der Waals surface area contributed by atoms with Gasteiger partial charge in [-0.25, -0.2) is 0 Å². The van der Waals surface area contributed by atoms with Crippen LogP contribution in [0.1, 0.15) is 30.0 Å². The summed E-state index contributed by atoms with van der Waals surface area (Å²) < 4.78 is 42.3. The molecular formula is C14H13F3O2. The van der Waals surface area contributed by atoms with Gasteiger partial charge in [-0.3, -0.25) is 4.79 Å². The van der Waals surface area contributed by atoms with Crippen molar-refractivity contribution in [1.29, 1.82) is 0 Å². The number of ether oxygens (including phenoxy) is 1. The van der Waals surface area contributed by atoms with E-state index in [4.69, 9.17) is 0 Å². The zero-order valence-electron chi connectivity index (χ0n) is 10.6. The number of esters is 1. The molecule has 5 heteroatoms. The second kappa shape index (κ2) is 6.28. The molecule has 0 fully saturated rings. The van der Waals surface area contributed by atoms with Crippen molar-refractivity contribution in [3.63, 3.8) is 0 Å². The topological polar surface area (TPSA) is 26.3 Å². The fraction of sp³-hybridized carbons (Fsp3) is 0.357. The highest BCUT2D eigenvalue weighted by Crippen LogP contribution is 2.31. The minimum atomic E-state index is -4.36. The van der Waals surface area contributed by atoms with Crippen molar-refractivity contribution in [1.82, 2.24) is 0 Å². The van der Waals surface area contributed by atoms with E-state index >= 15 is 0 Å². The molecule has 2 nitrogen and oxygen atoms in total. The first-order chi connectivity index (χ1) is 8.84. The molecule has 19 heavy (non-hydrogen) atoms. The van der Waals surface area contributed by atoms with E-state index < -0.39 is 17.7 Å². The van der Waals surface area contributed by atoms with E-state index in [1.165, 1.54) is 19.1 Å². The molecule has 102 valence electrons. The van der Waals surface area contributed by atoms with Crippen LogP contribution in [0.4, 0.5) is 13.2 Å². The summed E-state index contributed by atoms with van der Waals surface area (Å²) in [6.45, 7) is 3.34. The highest BCUT2D eigenvalue weighted by molar-refractivity contribution is 5.72. The lowest BCUT2D eigenvalue weighted by Gasteiger charge is -2.09. The number of aryl methyl sites for hydroxylation is 1. The Morgan fingerprint density at radius 3 is 2.58 bits per heavy atom. The molecule has 0 spiro atoms. The van der Waals surface area contributed by atoms with Crippen molar-refractivity contribution < 1.29 is 22.7 Å². The molecule has 0 N–H and O–H groups in total. The van der Waals surface area contributed by atoms with Crippen molar-refractivity contribution in [2.75, 3.05) is 6.61 Å². The minimum Gasteiger partial charge on any atom is -0.465 e. The largest absolute Gasteiger partial charge is 0.465 e. The molecule has 0 heterocycles. The number of hydrogen-bond acceptors (Lipinski definition) is 2. The van der Waals surface area contributed by atoms with Crippen LogP contribution in [0.3, 0.4) is 0 Å². The molecule has 1 rings (SSSR count). The zero-order chi connectivity index (χ0) is 14.5. The molecule has 0 atom stereocenters. The summed E-state index contributed by atoms with van der Waals surface area (Å²) in [5.41, 5.74) is -0.131. The second-order valence-corrected chi connectivity index (χ2v) is 3.81. The number of halogens is 3. The molecule has 0 aliphatic heterocycles. The van der Waals surface area contributed by atoms with E-state index in [2.05, 4.69) is 16.6 Å². The molecule has 0 amide bonds. The average Bonchev–Trinajstić information content (AvgIpc) is 2.27. The van der Waals surface area contributed by atoms with Crippen molar-refractivity contribution in [3.05, 3.63) is 34.9 Å². The maximum absolute atomic E-state index is 12.5. The fourth-order valence-electron chi connectivity index (χ4n) is 1.49. The molecule has 0 saturated carbocycles. The van der Waals surface area contributed by atoms with Gasteiger partial charge in [0.1, 0.15) is 6.42 Å². The van der Waals surface area contributed by atoms with Crippen LogP contribution in [0.5, 0.6) is 0 Å². The van der Waals surface area contributed by atoms with Gasteiger partial charge in [0, 0.05) is 5.56 Å². The van der Waals surface area contributed by atoms with Crippen LogP contribution in [0, 0.1) is 18.8 Å². The van der Waals surface area contributed by atoms with Gasteiger partial charge >= 0.3 is 12.1 Å². The van der Waals surface area contributed by atoms with E-state index in [1.807, 2.05) is 0 Å². The first-order valence-corrected chi connectivity index (χ1v) is 5.67. The SMILES string of the molecule is CCOC(=O)CC#Cc1ccc(C(F)(F)F)c(C)c1. The summed E-state index contributed by atoms with van der Waals surface area (Å²) >= 11 is 0. The number of rotatable bonds is 2. The van der Waals surface area contributed by atoms with E-state index in [9.17, 15) is 18.0 Å². The number of carbonyl (C=O) groups is 1. The molecular weight excluding hydrogens is 257 g/mol. The predicted molar refractivity (Wildman–Crippen MR) is 64.3 cm³/mol. The van der Waals surface area contributed by atoms with Gasteiger partial charge in [0.05, 0.1) is 12.2 Å². The molecule has 0 saturated heterocycles. The van der Waals surface area contributed by atoms with Crippen LogP contribution in [0.25, 0.3) is 0 Å². The highest BCUT2D eigenvalue weighted by atomic mass is 19.4. The van der Waals surface area contributed by atoms with Crippen LogP contribution < -0.4 is 0 Å². The first kappa shape index (κ1) is 15.1. The average molecular weight is 270 g/mol. The lowest BCUT2D eigenvalue weighted by molar-refractivity contribution is -0.142. The Morgan fingerprint density at radius 1 is 1.37 bits per heavy atom. The third-order valence-corrected chi connectivity index (χ3v) is 2.30. The fourth-order valence-corrected chi connectivity index (χ4v) is 1.49.